The number of rotatable bonds is 3. The third kappa shape index (κ3) is 3.63. The van der Waals surface area contributed by atoms with Crippen molar-refractivity contribution in [2.45, 2.75) is 6.92 Å². The van der Waals surface area contributed by atoms with Gasteiger partial charge in [0.15, 0.2) is 5.82 Å². The maximum Gasteiger partial charge on any atom is 0.241 e. The van der Waals surface area contributed by atoms with Crippen molar-refractivity contribution in [2.24, 2.45) is 5.10 Å². The van der Waals surface area contributed by atoms with E-state index < -0.39 is 0 Å². The molecule has 0 saturated carbocycles. The Kier molecular flexibility index (Phi) is 4.18. The minimum absolute atomic E-state index is 0.0157. The first kappa shape index (κ1) is 15.0. The lowest BCUT2D eigenvalue weighted by atomic mass is 10.2. The summed E-state index contributed by atoms with van der Waals surface area (Å²) in [5, 5.41) is 9.01. The monoisotopic (exact) mass is 310 g/mol. The molecule has 1 fully saturated rings. The van der Waals surface area contributed by atoms with Gasteiger partial charge in [0.05, 0.1) is 18.0 Å². The molecule has 7 nitrogen and oxygen atoms in total. The van der Waals surface area contributed by atoms with Crippen molar-refractivity contribution in [2.75, 3.05) is 25.4 Å². The van der Waals surface area contributed by atoms with Crippen molar-refractivity contribution in [1.82, 2.24) is 20.3 Å². The SMILES string of the molecule is C/C(=N\N1CCNC(=O)C1)c1ccnc(-c2ccc(N)cc2)n1. The van der Waals surface area contributed by atoms with Crippen LogP contribution in [0.25, 0.3) is 11.4 Å². The maximum atomic E-state index is 11.4. The molecule has 7 heteroatoms. The molecule has 0 unspecified atom stereocenters. The van der Waals surface area contributed by atoms with Gasteiger partial charge >= 0.3 is 0 Å². The van der Waals surface area contributed by atoms with Crippen LogP contribution in [0.4, 0.5) is 5.69 Å². The second kappa shape index (κ2) is 6.43. The van der Waals surface area contributed by atoms with Gasteiger partial charge in [0.2, 0.25) is 5.91 Å². The highest BCUT2D eigenvalue weighted by Gasteiger charge is 2.15. The Labute approximate surface area is 134 Å². The number of carbonyl (C=O) groups excluding carboxylic acids is 1. The largest absolute Gasteiger partial charge is 0.399 e. The van der Waals surface area contributed by atoms with Crippen molar-refractivity contribution >= 4 is 17.3 Å². The van der Waals surface area contributed by atoms with Gasteiger partial charge in [-0.2, -0.15) is 5.10 Å². The van der Waals surface area contributed by atoms with Crippen molar-refractivity contribution in [3.63, 3.8) is 0 Å². The number of aromatic nitrogens is 2. The van der Waals surface area contributed by atoms with Crippen molar-refractivity contribution < 1.29 is 4.79 Å². The van der Waals surface area contributed by atoms with E-state index in [0.29, 0.717) is 24.6 Å². The van der Waals surface area contributed by atoms with Crippen LogP contribution in [0.5, 0.6) is 0 Å². The van der Waals surface area contributed by atoms with Gasteiger partial charge in [0, 0.05) is 24.0 Å². The molecule has 0 spiro atoms. The molecule has 3 N–H and O–H groups in total. The number of hydrogen-bond donors (Lipinski definition) is 2. The van der Waals surface area contributed by atoms with E-state index >= 15 is 0 Å². The summed E-state index contributed by atoms with van der Waals surface area (Å²) in [6.07, 6.45) is 1.70. The molecule has 1 aromatic heterocycles. The van der Waals surface area contributed by atoms with Gasteiger partial charge in [0.1, 0.15) is 6.54 Å². The first-order valence-electron chi connectivity index (χ1n) is 7.38. The lowest BCUT2D eigenvalue weighted by molar-refractivity contribution is -0.124. The fourth-order valence-corrected chi connectivity index (χ4v) is 2.31. The highest BCUT2D eigenvalue weighted by Crippen LogP contribution is 2.16. The number of nitrogens with one attached hydrogen (secondary N) is 1. The smallest absolute Gasteiger partial charge is 0.241 e. The summed E-state index contributed by atoms with van der Waals surface area (Å²) in [4.78, 5) is 20.2. The van der Waals surface area contributed by atoms with Gasteiger partial charge in [0.25, 0.3) is 0 Å². The summed E-state index contributed by atoms with van der Waals surface area (Å²) >= 11 is 0. The quantitative estimate of drug-likeness (QED) is 0.648. The van der Waals surface area contributed by atoms with Crippen molar-refractivity contribution in [3.8, 4) is 11.4 Å². The highest BCUT2D eigenvalue weighted by molar-refractivity contribution is 5.97. The molecule has 1 amide bonds. The maximum absolute atomic E-state index is 11.4. The zero-order chi connectivity index (χ0) is 16.2. The van der Waals surface area contributed by atoms with Gasteiger partial charge in [-0.3, -0.25) is 9.80 Å². The average Bonchev–Trinajstić information content (AvgIpc) is 2.56. The van der Waals surface area contributed by atoms with Gasteiger partial charge in [-0.25, -0.2) is 9.97 Å². The number of nitrogen functional groups attached to an aromatic ring is 1. The second-order valence-corrected chi connectivity index (χ2v) is 5.31. The van der Waals surface area contributed by atoms with E-state index in [2.05, 4.69) is 20.4 Å². The van der Waals surface area contributed by atoms with Crippen LogP contribution < -0.4 is 11.1 Å². The molecule has 3 rings (SSSR count). The number of benzene rings is 1. The summed E-state index contributed by atoms with van der Waals surface area (Å²) in [7, 11) is 0. The van der Waals surface area contributed by atoms with E-state index in [4.69, 9.17) is 5.73 Å². The third-order valence-electron chi connectivity index (χ3n) is 3.50. The minimum Gasteiger partial charge on any atom is -0.399 e. The Morgan fingerprint density at radius 2 is 2.09 bits per heavy atom. The number of anilines is 1. The van der Waals surface area contributed by atoms with Crippen LogP contribution in [-0.2, 0) is 4.79 Å². The number of hydrazone groups is 1. The molecule has 2 heterocycles. The van der Waals surface area contributed by atoms with Crippen LogP contribution in [0.15, 0.2) is 41.6 Å². The van der Waals surface area contributed by atoms with Crippen molar-refractivity contribution in [3.05, 3.63) is 42.2 Å². The Morgan fingerprint density at radius 3 is 2.83 bits per heavy atom. The number of nitrogens with zero attached hydrogens (tertiary/aromatic N) is 4. The first-order chi connectivity index (χ1) is 11.1. The predicted octanol–water partition coefficient (Wildman–Crippen LogP) is 0.882. The fourth-order valence-electron chi connectivity index (χ4n) is 2.31. The molecule has 2 aromatic rings. The standard InChI is InChI=1S/C16H18N6O/c1-11(21-22-9-8-18-15(23)10-22)14-6-7-19-16(20-14)12-2-4-13(17)5-3-12/h2-7H,8-10,17H2,1H3,(H,18,23)/b21-11+. The number of nitrogens with two attached hydrogens (primary N) is 1. The predicted molar refractivity (Wildman–Crippen MR) is 88.7 cm³/mol. The molecular weight excluding hydrogens is 292 g/mol. The molecule has 23 heavy (non-hydrogen) atoms. The molecular formula is C16H18N6O. The number of amides is 1. The number of hydrogen-bond acceptors (Lipinski definition) is 6. The van der Waals surface area contributed by atoms with Crippen LogP contribution in [-0.4, -0.2) is 46.2 Å². The molecule has 1 aliphatic heterocycles. The Hall–Kier alpha value is -2.96. The van der Waals surface area contributed by atoms with Crippen LogP contribution in [0, 0.1) is 0 Å². The van der Waals surface area contributed by atoms with Crippen molar-refractivity contribution in [1.29, 1.82) is 0 Å². The third-order valence-corrected chi connectivity index (χ3v) is 3.50. The molecule has 1 saturated heterocycles. The molecule has 0 atom stereocenters. The summed E-state index contributed by atoms with van der Waals surface area (Å²) < 4.78 is 0. The summed E-state index contributed by atoms with van der Waals surface area (Å²) in [6.45, 7) is 3.45. The van der Waals surface area contributed by atoms with E-state index in [-0.39, 0.29) is 12.5 Å². The Balaban J connectivity index is 1.84. The van der Waals surface area contributed by atoms with E-state index in [1.54, 1.807) is 11.2 Å². The topological polar surface area (TPSA) is 96.5 Å². The molecule has 118 valence electrons. The van der Waals surface area contributed by atoms with E-state index in [1.807, 2.05) is 37.3 Å². The van der Waals surface area contributed by atoms with Crippen LogP contribution >= 0.6 is 0 Å². The first-order valence-corrected chi connectivity index (χ1v) is 7.38. The van der Waals surface area contributed by atoms with E-state index in [9.17, 15) is 4.79 Å². The molecule has 0 radical (unpaired) electrons. The van der Waals surface area contributed by atoms with Gasteiger partial charge in [-0.1, -0.05) is 0 Å². The minimum atomic E-state index is -0.0157. The summed E-state index contributed by atoms with van der Waals surface area (Å²) in [5.74, 6) is 0.603. The van der Waals surface area contributed by atoms with E-state index in [0.717, 1.165) is 17.0 Å². The zero-order valence-corrected chi connectivity index (χ0v) is 12.9. The van der Waals surface area contributed by atoms with Crippen LogP contribution in [0.3, 0.4) is 0 Å². The molecule has 0 aliphatic carbocycles. The fraction of sp³-hybridized carbons (Fsp3) is 0.250. The highest BCUT2D eigenvalue weighted by atomic mass is 16.2. The van der Waals surface area contributed by atoms with Crippen LogP contribution in [0.2, 0.25) is 0 Å². The van der Waals surface area contributed by atoms with Crippen LogP contribution in [0.1, 0.15) is 12.6 Å². The number of carbonyl (C=O) groups is 1. The van der Waals surface area contributed by atoms with Gasteiger partial charge < -0.3 is 11.1 Å². The lowest BCUT2D eigenvalue weighted by Crippen LogP contribution is -2.45. The Bertz CT molecular complexity index is 740. The summed E-state index contributed by atoms with van der Waals surface area (Å²) in [5.41, 5.74) is 8.78. The molecule has 0 bridgehead atoms. The average molecular weight is 310 g/mol. The number of piperazine rings is 1. The van der Waals surface area contributed by atoms with Gasteiger partial charge in [-0.15, -0.1) is 0 Å². The summed E-state index contributed by atoms with van der Waals surface area (Å²) in [6, 6.07) is 9.22. The Morgan fingerprint density at radius 1 is 1.30 bits per heavy atom. The zero-order valence-electron chi connectivity index (χ0n) is 12.9. The molecule has 1 aromatic carbocycles. The van der Waals surface area contributed by atoms with Gasteiger partial charge in [-0.05, 0) is 37.3 Å². The normalized spacial score (nSPS) is 15.4. The lowest BCUT2D eigenvalue weighted by Gasteiger charge is -2.24. The van der Waals surface area contributed by atoms with E-state index in [1.165, 1.54) is 0 Å². The second-order valence-electron chi connectivity index (χ2n) is 5.31. The molecule has 1 aliphatic rings.